The third kappa shape index (κ3) is 4.44. The molecule has 1 aliphatic rings. The maximum atomic E-state index is 10.2. The van der Waals surface area contributed by atoms with Gasteiger partial charge in [0.2, 0.25) is 0 Å². The monoisotopic (exact) mass is 358 g/mol. The largest absolute Gasteiger partial charge is 0.492 e. The van der Waals surface area contributed by atoms with E-state index in [1.165, 1.54) is 5.56 Å². The van der Waals surface area contributed by atoms with Gasteiger partial charge in [-0.1, -0.05) is 12.1 Å². The van der Waals surface area contributed by atoms with E-state index < -0.39 is 0 Å². The van der Waals surface area contributed by atoms with Gasteiger partial charge in [-0.25, -0.2) is 0 Å². The number of benzene rings is 1. The van der Waals surface area contributed by atoms with Crippen LogP contribution in [0.2, 0.25) is 0 Å². The predicted octanol–water partition coefficient (Wildman–Crippen LogP) is 2.16. The number of hydrogen-bond acceptors (Lipinski definition) is 5. The molecule has 0 bridgehead atoms. The first-order valence-electron chi connectivity index (χ1n) is 9.26. The molecule has 0 radical (unpaired) electrons. The number of aliphatic hydroxyl groups is 1. The molecule has 1 aliphatic carbocycles. The van der Waals surface area contributed by atoms with Crippen LogP contribution in [-0.2, 0) is 0 Å². The Labute approximate surface area is 155 Å². The van der Waals surface area contributed by atoms with Gasteiger partial charge in [-0.05, 0) is 57.6 Å². The maximum absolute atomic E-state index is 10.2. The number of nitrogens with zero attached hydrogens (tertiary/aromatic N) is 3. The van der Waals surface area contributed by atoms with Gasteiger partial charge in [0.1, 0.15) is 12.4 Å². The highest BCUT2D eigenvalue weighted by Crippen LogP contribution is 2.34. The molecule has 0 spiro atoms. The zero-order valence-electron chi connectivity index (χ0n) is 16.1. The van der Waals surface area contributed by atoms with Gasteiger partial charge in [0, 0.05) is 24.8 Å². The second kappa shape index (κ2) is 8.20. The minimum Gasteiger partial charge on any atom is -0.492 e. The fourth-order valence-corrected chi connectivity index (χ4v) is 3.35. The van der Waals surface area contributed by atoms with Gasteiger partial charge in [-0.2, -0.15) is 5.10 Å². The van der Waals surface area contributed by atoms with Gasteiger partial charge in [-0.3, -0.25) is 4.68 Å². The van der Waals surface area contributed by atoms with Crippen LogP contribution >= 0.6 is 0 Å². The molecule has 26 heavy (non-hydrogen) atoms. The second-order valence-corrected chi connectivity index (χ2v) is 7.51. The van der Waals surface area contributed by atoms with Crippen LogP contribution in [0.1, 0.15) is 36.6 Å². The normalized spacial score (nSPS) is 23.7. The quantitative estimate of drug-likeness (QED) is 0.757. The number of aryl methyl sites for hydroxylation is 1. The zero-order chi connectivity index (χ0) is 18.7. The molecule has 1 saturated carbocycles. The first kappa shape index (κ1) is 18.9. The lowest BCUT2D eigenvalue weighted by Crippen LogP contribution is -2.55. The zero-order valence-corrected chi connectivity index (χ0v) is 16.1. The van der Waals surface area contributed by atoms with Gasteiger partial charge in [0.25, 0.3) is 0 Å². The minimum atomic E-state index is -0.341. The molecule has 1 unspecified atom stereocenters. The Kier molecular flexibility index (Phi) is 5.96. The molecule has 6 heteroatoms. The molecule has 1 fully saturated rings. The van der Waals surface area contributed by atoms with Crippen LogP contribution in [0.5, 0.6) is 5.75 Å². The summed E-state index contributed by atoms with van der Waals surface area (Å²) in [6.07, 6.45) is 4.23. The molecule has 2 aromatic rings. The number of aromatic nitrogens is 2. The number of ether oxygens (including phenoxy) is 1. The molecule has 1 heterocycles. The van der Waals surface area contributed by atoms with Crippen molar-refractivity contribution in [2.24, 2.45) is 0 Å². The van der Waals surface area contributed by atoms with E-state index in [0.29, 0.717) is 6.61 Å². The molecule has 4 atom stereocenters. The van der Waals surface area contributed by atoms with Crippen LogP contribution in [0.15, 0.2) is 36.7 Å². The number of rotatable bonds is 8. The summed E-state index contributed by atoms with van der Waals surface area (Å²) in [5.74, 6) is 0.895. The van der Waals surface area contributed by atoms with Crippen molar-refractivity contribution in [1.82, 2.24) is 20.0 Å². The van der Waals surface area contributed by atoms with Crippen molar-refractivity contribution in [3.8, 4) is 5.75 Å². The van der Waals surface area contributed by atoms with Crippen molar-refractivity contribution < 1.29 is 9.84 Å². The maximum Gasteiger partial charge on any atom is 0.119 e. The average molecular weight is 358 g/mol. The van der Waals surface area contributed by atoms with E-state index in [4.69, 9.17) is 4.74 Å². The molecule has 0 aliphatic heterocycles. The van der Waals surface area contributed by atoms with Crippen molar-refractivity contribution >= 4 is 0 Å². The number of hydrogen-bond donors (Lipinski definition) is 2. The Bertz CT molecular complexity index is 698. The molecule has 3 rings (SSSR count). The molecule has 1 aromatic carbocycles. The smallest absolute Gasteiger partial charge is 0.119 e. The summed E-state index contributed by atoms with van der Waals surface area (Å²) >= 11 is 0. The Balaban J connectivity index is 1.55. The summed E-state index contributed by atoms with van der Waals surface area (Å²) < 4.78 is 7.63. The summed E-state index contributed by atoms with van der Waals surface area (Å²) in [7, 11) is 4.07. The summed E-state index contributed by atoms with van der Waals surface area (Å²) in [4.78, 5) is 2.10. The second-order valence-electron chi connectivity index (χ2n) is 7.51. The SMILES string of the molecule is Cc1cnn([C@H]2[C@H](O)C[C@@H]2NC(C)c2ccc(OCCN(C)C)cc2)c1. The molecular formula is C20H30N4O2. The van der Waals surface area contributed by atoms with Crippen molar-refractivity contribution in [3.05, 3.63) is 47.8 Å². The lowest BCUT2D eigenvalue weighted by atomic mass is 9.82. The third-order valence-electron chi connectivity index (χ3n) is 4.99. The summed E-state index contributed by atoms with van der Waals surface area (Å²) in [5, 5.41) is 18.2. The predicted molar refractivity (Wildman–Crippen MR) is 102 cm³/mol. The van der Waals surface area contributed by atoms with E-state index in [0.717, 1.165) is 24.3 Å². The van der Waals surface area contributed by atoms with Crippen molar-refractivity contribution in [2.75, 3.05) is 27.2 Å². The van der Waals surface area contributed by atoms with Crippen LogP contribution in [0, 0.1) is 6.92 Å². The van der Waals surface area contributed by atoms with E-state index >= 15 is 0 Å². The molecular weight excluding hydrogens is 328 g/mol. The summed E-state index contributed by atoms with van der Waals surface area (Å²) in [5.41, 5.74) is 2.32. The molecule has 6 nitrogen and oxygen atoms in total. The van der Waals surface area contributed by atoms with Crippen molar-refractivity contribution in [2.45, 2.75) is 44.5 Å². The van der Waals surface area contributed by atoms with E-state index in [9.17, 15) is 5.11 Å². The third-order valence-corrected chi connectivity index (χ3v) is 4.99. The van der Waals surface area contributed by atoms with Crippen LogP contribution in [-0.4, -0.2) is 59.2 Å². The molecule has 0 saturated heterocycles. The minimum absolute atomic E-state index is 0.000194. The van der Waals surface area contributed by atoms with E-state index in [1.54, 1.807) is 0 Å². The Morgan fingerprint density at radius 3 is 2.65 bits per heavy atom. The van der Waals surface area contributed by atoms with E-state index in [1.807, 2.05) is 50.2 Å². The molecule has 142 valence electrons. The van der Waals surface area contributed by atoms with Gasteiger partial charge >= 0.3 is 0 Å². The highest BCUT2D eigenvalue weighted by Gasteiger charge is 2.42. The molecule has 1 aromatic heterocycles. The molecule has 2 N–H and O–H groups in total. The first-order valence-corrected chi connectivity index (χ1v) is 9.26. The van der Waals surface area contributed by atoms with Crippen LogP contribution in [0.3, 0.4) is 0 Å². The van der Waals surface area contributed by atoms with Gasteiger partial charge in [-0.15, -0.1) is 0 Å². The lowest BCUT2D eigenvalue weighted by Gasteiger charge is -2.43. The van der Waals surface area contributed by atoms with Gasteiger partial charge < -0.3 is 20.1 Å². The summed E-state index contributed by atoms with van der Waals surface area (Å²) in [6.45, 7) is 5.75. The van der Waals surface area contributed by atoms with Crippen molar-refractivity contribution in [1.29, 1.82) is 0 Å². The van der Waals surface area contributed by atoms with Gasteiger partial charge in [0.15, 0.2) is 0 Å². The Hall–Kier alpha value is -1.89. The Morgan fingerprint density at radius 1 is 1.35 bits per heavy atom. The van der Waals surface area contributed by atoms with Crippen molar-refractivity contribution in [3.63, 3.8) is 0 Å². The lowest BCUT2D eigenvalue weighted by molar-refractivity contribution is -0.0111. The van der Waals surface area contributed by atoms with Crippen LogP contribution < -0.4 is 10.1 Å². The van der Waals surface area contributed by atoms with Crippen LogP contribution in [0.4, 0.5) is 0 Å². The fraction of sp³-hybridized carbons (Fsp3) is 0.550. The van der Waals surface area contributed by atoms with Gasteiger partial charge in [0.05, 0.1) is 18.3 Å². The first-order chi connectivity index (χ1) is 12.4. The standard InChI is InChI=1S/C20H30N4O2/c1-14-12-21-24(13-14)20-18(11-19(20)25)22-15(2)16-5-7-17(8-6-16)26-10-9-23(3)4/h5-8,12-13,15,18-20,22,25H,9-11H2,1-4H3/t15?,18-,19+,20+/m0/s1. The number of likely N-dealkylation sites (N-methyl/N-ethyl adjacent to an activating group) is 1. The molecule has 0 amide bonds. The number of aliphatic hydroxyl groups excluding tert-OH is 1. The fourth-order valence-electron chi connectivity index (χ4n) is 3.35. The highest BCUT2D eigenvalue weighted by atomic mass is 16.5. The Morgan fingerprint density at radius 2 is 2.08 bits per heavy atom. The number of nitrogens with one attached hydrogen (secondary N) is 1. The van der Waals surface area contributed by atoms with E-state index in [2.05, 4.69) is 34.4 Å². The van der Waals surface area contributed by atoms with Crippen LogP contribution in [0.25, 0.3) is 0 Å². The average Bonchev–Trinajstić information content (AvgIpc) is 2.99. The topological polar surface area (TPSA) is 62.6 Å². The van der Waals surface area contributed by atoms with E-state index in [-0.39, 0.29) is 24.2 Å². The summed E-state index contributed by atoms with van der Waals surface area (Å²) in [6, 6.07) is 8.66. The highest BCUT2D eigenvalue weighted by molar-refractivity contribution is 5.29.